The molecular formula is C17H15N3O2. The van der Waals surface area contributed by atoms with Crippen LogP contribution in [0.15, 0.2) is 59.7 Å². The Labute approximate surface area is 127 Å². The largest absolute Gasteiger partial charge is 0.323 e. The van der Waals surface area contributed by atoms with Gasteiger partial charge in [0, 0.05) is 23.3 Å². The van der Waals surface area contributed by atoms with Gasteiger partial charge < -0.3 is 9.88 Å². The molecule has 1 N–H and O–H groups in total. The van der Waals surface area contributed by atoms with Crippen LogP contribution in [0.5, 0.6) is 0 Å². The smallest absolute Gasteiger partial charge is 0.253 e. The number of aryl methyl sites for hydroxylation is 1. The van der Waals surface area contributed by atoms with Crippen molar-refractivity contribution in [2.45, 2.75) is 13.5 Å². The second-order valence-corrected chi connectivity index (χ2v) is 5.05. The zero-order valence-corrected chi connectivity index (χ0v) is 12.1. The summed E-state index contributed by atoms with van der Waals surface area (Å²) in [6.07, 6.45) is 3.29. The number of rotatable bonds is 3. The van der Waals surface area contributed by atoms with Crippen molar-refractivity contribution in [3.63, 3.8) is 0 Å². The van der Waals surface area contributed by atoms with E-state index in [0.717, 1.165) is 10.9 Å². The minimum absolute atomic E-state index is 0.0241. The van der Waals surface area contributed by atoms with Crippen molar-refractivity contribution >= 4 is 22.5 Å². The number of nitrogens with zero attached hydrogens (tertiary/aromatic N) is 2. The maximum Gasteiger partial charge on any atom is 0.253 e. The Bertz CT molecular complexity index is 894. The number of benzene rings is 1. The van der Waals surface area contributed by atoms with Gasteiger partial charge in [0.25, 0.3) is 5.56 Å². The summed E-state index contributed by atoms with van der Waals surface area (Å²) in [5.74, 6) is -0.258. The first-order valence-corrected chi connectivity index (χ1v) is 6.95. The van der Waals surface area contributed by atoms with Gasteiger partial charge in [-0.1, -0.05) is 24.3 Å². The van der Waals surface area contributed by atoms with Gasteiger partial charge in [0.2, 0.25) is 5.91 Å². The molecule has 3 rings (SSSR count). The molecule has 0 aliphatic rings. The van der Waals surface area contributed by atoms with Crippen LogP contribution in [0.1, 0.15) is 5.56 Å². The Morgan fingerprint density at radius 3 is 2.86 bits per heavy atom. The van der Waals surface area contributed by atoms with E-state index in [9.17, 15) is 9.59 Å². The first-order valence-electron chi connectivity index (χ1n) is 6.95. The topological polar surface area (TPSA) is 64.0 Å². The van der Waals surface area contributed by atoms with Gasteiger partial charge in [0.15, 0.2) is 0 Å². The number of fused-ring (bicyclic) bond motifs is 1. The van der Waals surface area contributed by atoms with Crippen LogP contribution in [0.4, 0.5) is 5.69 Å². The molecule has 0 radical (unpaired) electrons. The maximum atomic E-state index is 12.2. The van der Waals surface area contributed by atoms with E-state index in [1.165, 1.54) is 4.57 Å². The van der Waals surface area contributed by atoms with Crippen LogP contribution >= 0.6 is 0 Å². The molecular weight excluding hydrogens is 278 g/mol. The van der Waals surface area contributed by atoms with Crippen molar-refractivity contribution in [2.75, 3.05) is 5.32 Å². The molecule has 0 fully saturated rings. The highest BCUT2D eigenvalue weighted by Crippen LogP contribution is 2.20. The second-order valence-electron chi connectivity index (χ2n) is 5.05. The highest BCUT2D eigenvalue weighted by molar-refractivity contribution is 6.00. The first kappa shape index (κ1) is 14.0. The molecule has 5 nitrogen and oxygen atoms in total. The number of hydrogen-bond donors (Lipinski definition) is 1. The van der Waals surface area contributed by atoms with E-state index < -0.39 is 0 Å². The average molecular weight is 293 g/mol. The number of para-hydroxylation sites is 1. The van der Waals surface area contributed by atoms with Crippen molar-refractivity contribution in [1.29, 1.82) is 0 Å². The summed E-state index contributed by atoms with van der Waals surface area (Å²) in [4.78, 5) is 28.4. The minimum atomic E-state index is -0.258. The number of anilines is 1. The molecule has 0 aliphatic carbocycles. The molecule has 1 amide bonds. The van der Waals surface area contributed by atoms with Crippen molar-refractivity contribution in [2.24, 2.45) is 0 Å². The third kappa shape index (κ3) is 2.74. The van der Waals surface area contributed by atoms with E-state index >= 15 is 0 Å². The third-order valence-corrected chi connectivity index (χ3v) is 3.43. The van der Waals surface area contributed by atoms with Gasteiger partial charge in [-0.3, -0.25) is 14.6 Å². The zero-order chi connectivity index (χ0) is 15.5. The van der Waals surface area contributed by atoms with Crippen LogP contribution in [0.2, 0.25) is 0 Å². The van der Waals surface area contributed by atoms with E-state index in [1.54, 1.807) is 37.5 Å². The van der Waals surface area contributed by atoms with Crippen LogP contribution in [-0.4, -0.2) is 15.5 Å². The Kier molecular flexibility index (Phi) is 3.70. The van der Waals surface area contributed by atoms with Crippen LogP contribution in [-0.2, 0) is 11.3 Å². The van der Waals surface area contributed by atoms with Crippen LogP contribution < -0.4 is 10.9 Å². The standard InChI is InChI=1S/C17H15N3O2/c1-12-5-4-10-20(17(12)22)11-15(21)19-14-8-2-6-13-7-3-9-18-16(13)14/h2-10H,11H2,1H3,(H,19,21). The molecule has 0 saturated carbocycles. The summed E-state index contributed by atoms with van der Waals surface area (Å²) >= 11 is 0. The normalized spacial score (nSPS) is 10.6. The molecule has 0 atom stereocenters. The number of carbonyl (C=O) groups is 1. The zero-order valence-electron chi connectivity index (χ0n) is 12.1. The van der Waals surface area contributed by atoms with Crippen molar-refractivity contribution < 1.29 is 4.79 Å². The lowest BCUT2D eigenvalue weighted by Crippen LogP contribution is -2.28. The first-order chi connectivity index (χ1) is 10.6. The predicted octanol–water partition coefficient (Wildman–Crippen LogP) is 2.34. The van der Waals surface area contributed by atoms with Crippen LogP contribution in [0.3, 0.4) is 0 Å². The van der Waals surface area contributed by atoms with Crippen LogP contribution in [0.25, 0.3) is 10.9 Å². The fourth-order valence-electron chi connectivity index (χ4n) is 2.33. The van der Waals surface area contributed by atoms with Gasteiger partial charge in [-0.25, -0.2) is 0 Å². The van der Waals surface area contributed by atoms with Gasteiger partial charge in [-0.15, -0.1) is 0 Å². The molecule has 110 valence electrons. The van der Waals surface area contributed by atoms with E-state index in [0.29, 0.717) is 11.3 Å². The summed E-state index contributed by atoms with van der Waals surface area (Å²) in [5, 5.41) is 3.77. The molecule has 5 heteroatoms. The Balaban J connectivity index is 1.85. The monoisotopic (exact) mass is 293 g/mol. The van der Waals surface area contributed by atoms with E-state index in [2.05, 4.69) is 10.3 Å². The quantitative estimate of drug-likeness (QED) is 0.806. The Morgan fingerprint density at radius 2 is 2.00 bits per heavy atom. The van der Waals surface area contributed by atoms with Crippen molar-refractivity contribution in [3.8, 4) is 0 Å². The molecule has 0 saturated heterocycles. The van der Waals surface area contributed by atoms with Gasteiger partial charge >= 0.3 is 0 Å². The molecule has 1 aromatic carbocycles. The lowest BCUT2D eigenvalue weighted by atomic mass is 10.2. The molecule has 0 bridgehead atoms. The third-order valence-electron chi connectivity index (χ3n) is 3.43. The fraction of sp³-hybridized carbons (Fsp3) is 0.118. The summed E-state index contributed by atoms with van der Waals surface area (Å²) in [5.41, 5.74) is 1.83. The molecule has 0 aliphatic heterocycles. The predicted molar refractivity (Wildman–Crippen MR) is 85.8 cm³/mol. The molecule has 0 unspecified atom stereocenters. The number of pyridine rings is 2. The van der Waals surface area contributed by atoms with E-state index in [4.69, 9.17) is 0 Å². The van der Waals surface area contributed by atoms with E-state index in [1.807, 2.05) is 24.3 Å². The average Bonchev–Trinajstić information content (AvgIpc) is 2.52. The summed E-state index contributed by atoms with van der Waals surface area (Å²) in [7, 11) is 0. The van der Waals surface area contributed by atoms with Crippen molar-refractivity contribution in [1.82, 2.24) is 9.55 Å². The Hall–Kier alpha value is -2.95. The molecule has 3 aromatic rings. The summed E-state index contributed by atoms with van der Waals surface area (Å²) in [6, 6.07) is 12.9. The molecule has 2 heterocycles. The highest BCUT2D eigenvalue weighted by atomic mass is 16.2. The number of carbonyl (C=O) groups excluding carboxylic acids is 1. The minimum Gasteiger partial charge on any atom is -0.323 e. The molecule has 0 spiro atoms. The molecule has 2 aromatic heterocycles. The van der Waals surface area contributed by atoms with E-state index in [-0.39, 0.29) is 18.0 Å². The lowest BCUT2D eigenvalue weighted by Gasteiger charge is -2.09. The SMILES string of the molecule is Cc1cccn(CC(=O)Nc2cccc3cccnc23)c1=O. The number of amides is 1. The van der Waals surface area contributed by atoms with Crippen LogP contribution in [0, 0.1) is 6.92 Å². The van der Waals surface area contributed by atoms with Gasteiger partial charge in [0.1, 0.15) is 6.54 Å². The number of nitrogens with one attached hydrogen (secondary N) is 1. The van der Waals surface area contributed by atoms with Crippen molar-refractivity contribution in [3.05, 3.63) is 70.8 Å². The highest BCUT2D eigenvalue weighted by Gasteiger charge is 2.08. The Morgan fingerprint density at radius 1 is 1.18 bits per heavy atom. The summed E-state index contributed by atoms with van der Waals surface area (Å²) < 4.78 is 1.39. The van der Waals surface area contributed by atoms with Gasteiger partial charge in [0.05, 0.1) is 11.2 Å². The van der Waals surface area contributed by atoms with Gasteiger partial charge in [-0.05, 0) is 25.1 Å². The number of aromatic nitrogens is 2. The number of hydrogen-bond acceptors (Lipinski definition) is 3. The second kappa shape index (κ2) is 5.81. The lowest BCUT2D eigenvalue weighted by molar-refractivity contribution is -0.116. The maximum absolute atomic E-state index is 12.2. The van der Waals surface area contributed by atoms with Gasteiger partial charge in [-0.2, -0.15) is 0 Å². The fourth-order valence-corrected chi connectivity index (χ4v) is 2.33. The summed E-state index contributed by atoms with van der Waals surface area (Å²) in [6.45, 7) is 1.70. The molecule has 22 heavy (non-hydrogen) atoms.